The molecule has 0 saturated carbocycles. The minimum Gasteiger partial charge on any atom is -0.421 e. The minimum atomic E-state index is -0.0290. The van der Waals surface area contributed by atoms with Crippen LogP contribution in [0.3, 0.4) is 0 Å². The molecule has 0 N–H and O–H groups in total. The van der Waals surface area contributed by atoms with E-state index in [0.29, 0.717) is 0 Å². The maximum Gasteiger partial charge on any atom is 0.201 e. The van der Waals surface area contributed by atoms with Crippen LogP contribution in [0.2, 0.25) is 0 Å². The fourth-order valence-electron chi connectivity index (χ4n) is 3.30. The van der Waals surface area contributed by atoms with Gasteiger partial charge in [0.15, 0.2) is 0 Å². The first kappa shape index (κ1) is 15.7. The molecule has 0 atom stereocenters. The van der Waals surface area contributed by atoms with Gasteiger partial charge >= 0.3 is 0 Å². The molecule has 0 aliphatic heterocycles. The maximum atomic E-state index is 5.89. The molecule has 1 heterocycles. The summed E-state index contributed by atoms with van der Waals surface area (Å²) in [6.07, 6.45) is 0. The van der Waals surface area contributed by atoms with Crippen molar-refractivity contribution in [3.05, 3.63) is 72.8 Å². The average molecular weight is 517 g/mol. The summed E-state index contributed by atoms with van der Waals surface area (Å²) < 4.78 is 11.8. The molecule has 1 aromatic heterocycles. The number of hydrogen-bond acceptors (Lipinski definition) is 2. The van der Waals surface area contributed by atoms with Gasteiger partial charge in [-0.1, -0.05) is 60.7 Å². The summed E-state index contributed by atoms with van der Waals surface area (Å²) in [5, 5.41) is 7.05. The van der Waals surface area contributed by atoms with Gasteiger partial charge in [-0.3, -0.25) is 0 Å². The van der Waals surface area contributed by atoms with E-state index >= 15 is 0 Å². The molecular formula is C20H13HgO2P. The number of benzene rings is 4. The van der Waals surface area contributed by atoms with Crippen molar-refractivity contribution in [1.29, 1.82) is 0 Å². The third kappa shape index (κ3) is 2.37. The molecule has 0 spiro atoms. The van der Waals surface area contributed by atoms with Crippen LogP contribution >= 0.6 is 8.67 Å². The first-order valence-corrected chi connectivity index (χ1v) is 8.36. The van der Waals surface area contributed by atoms with Crippen molar-refractivity contribution in [2.75, 3.05) is 0 Å². The second kappa shape index (κ2) is 6.27. The molecule has 5 aromatic rings. The Labute approximate surface area is 160 Å². The standard InChI is InChI=1S/C20H13O2P.Hg/c1-3-7-15-13(5-1)9-11-17-19(15)20-16-8-4-2-6-14(16)10-12-18(20)22-23-21-17;/h1-12,23H;. The van der Waals surface area contributed by atoms with Gasteiger partial charge in [-0.2, -0.15) is 0 Å². The normalized spacial score (nSPS) is 11.0. The predicted molar refractivity (Wildman–Crippen MR) is 98.1 cm³/mol. The van der Waals surface area contributed by atoms with E-state index in [0.717, 1.165) is 21.9 Å². The van der Waals surface area contributed by atoms with E-state index in [9.17, 15) is 0 Å². The SMILES string of the molecule is [Hg].c1ccc2c(c1)ccc1o[pH]oc3ccc4ccccc4c3c12. The van der Waals surface area contributed by atoms with Crippen LogP contribution < -0.4 is 0 Å². The van der Waals surface area contributed by atoms with Gasteiger partial charge in [-0.05, 0) is 33.7 Å². The summed E-state index contributed by atoms with van der Waals surface area (Å²) in [7, 11) is -0.0290. The average Bonchev–Trinajstić information content (AvgIpc) is 2.81. The van der Waals surface area contributed by atoms with E-state index in [1.54, 1.807) is 0 Å². The molecule has 0 bridgehead atoms. The Balaban J connectivity index is 0.00000146. The van der Waals surface area contributed by atoms with E-state index in [2.05, 4.69) is 60.7 Å². The molecule has 0 amide bonds. The summed E-state index contributed by atoms with van der Waals surface area (Å²) in [5.74, 6) is 0. The summed E-state index contributed by atoms with van der Waals surface area (Å²) >= 11 is 0. The van der Waals surface area contributed by atoms with E-state index in [1.165, 1.54) is 21.5 Å². The minimum absolute atomic E-state index is 0. The van der Waals surface area contributed by atoms with Crippen LogP contribution in [0, 0.1) is 0 Å². The predicted octanol–water partition coefficient (Wildman–Crippen LogP) is 6.64. The molecule has 4 heteroatoms. The number of hydrogen-bond donors (Lipinski definition) is 0. The molecule has 112 valence electrons. The Morgan fingerprint density at radius 3 is 1.50 bits per heavy atom. The summed E-state index contributed by atoms with van der Waals surface area (Å²) in [6.45, 7) is 0. The van der Waals surface area contributed by atoms with Crippen LogP contribution in [0.25, 0.3) is 43.5 Å². The number of rotatable bonds is 0. The van der Waals surface area contributed by atoms with Crippen LogP contribution in [0.5, 0.6) is 0 Å². The van der Waals surface area contributed by atoms with Crippen molar-refractivity contribution in [2.45, 2.75) is 0 Å². The zero-order valence-electron chi connectivity index (χ0n) is 13.0. The van der Waals surface area contributed by atoms with Crippen LogP contribution in [0.4, 0.5) is 0 Å². The van der Waals surface area contributed by atoms with E-state index in [-0.39, 0.29) is 36.3 Å². The molecule has 4 aromatic carbocycles. The third-order valence-corrected chi connectivity index (χ3v) is 4.94. The fraction of sp³-hybridized carbons (Fsp3) is 0. The Hall–Kier alpha value is -1.76. The third-order valence-electron chi connectivity index (χ3n) is 4.33. The van der Waals surface area contributed by atoms with Gasteiger partial charge < -0.3 is 8.39 Å². The van der Waals surface area contributed by atoms with Gasteiger partial charge in [-0.25, -0.2) is 0 Å². The summed E-state index contributed by atoms with van der Waals surface area (Å²) in [4.78, 5) is 0. The van der Waals surface area contributed by atoms with Gasteiger partial charge in [-0.15, -0.1) is 0 Å². The Kier molecular flexibility index (Phi) is 4.11. The maximum absolute atomic E-state index is 5.89. The molecule has 0 unspecified atom stereocenters. The molecule has 2 nitrogen and oxygen atoms in total. The molecule has 0 saturated heterocycles. The number of fused-ring (bicyclic) bond motifs is 7. The van der Waals surface area contributed by atoms with Crippen molar-refractivity contribution in [3.8, 4) is 0 Å². The fourth-order valence-corrected chi connectivity index (χ4v) is 3.86. The molecule has 0 radical (unpaired) electrons. The smallest absolute Gasteiger partial charge is 0.201 e. The van der Waals surface area contributed by atoms with E-state index in [1.807, 2.05) is 12.1 Å². The zero-order valence-corrected chi connectivity index (χ0v) is 19.4. The van der Waals surface area contributed by atoms with E-state index in [4.69, 9.17) is 8.39 Å². The van der Waals surface area contributed by atoms with Crippen molar-refractivity contribution < 1.29 is 36.1 Å². The Morgan fingerprint density at radius 1 is 0.542 bits per heavy atom. The van der Waals surface area contributed by atoms with Crippen LogP contribution in [0.15, 0.2) is 81.2 Å². The van der Waals surface area contributed by atoms with Crippen LogP contribution in [-0.4, -0.2) is 0 Å². The van der Waals surface area contributed by atoms with Crippen molar-refractivity contribution in [3.63, 3.8) is 0 Å². The topological polar surface area (TPSA) is 26.3 Å². The quantitative estimate of drug-likeness (QED) is 0.216. The van der Waals surface area contributed by atoms with E-state index < -0.39 is 0 Å². The van der Waals surface area contributed by atoms with Gasteiger partial charge in [0.1, 0.15) is 11.2 Å². The van der Waals surface area contributed by atoms with Crippen molar-refractivity contribution >= 4 is 52.2 Å². The first-order chi connectivity index (χ1) is 11.4. The molecule has 0 aliphatic rings. The van der Waals surface area contributed by atoms with Crippen LogP contribution in [-0.2, 0) is 27.7 Å². The molecular weight excluding hydrogens is 504 g/mol. The zero-order chi connectivity index (χ0) is 15.2. The van der Waals surface area contributed by atoms with Crippen molar-refractivity contribution in [2.24, 2.45) is 0 Å². The van der Waals surface area contributed by atoms with Crippen LogP contribution in [0.1, 0.15) is 0 Å². The summed E-state index contributed by atoms with van der Waals surface area (Å²) in [6, 6.07) is 25.1. The monoisotopic (exact) mass is 518 g/mol. The Morgan fingerprint density at radius 2 is 1.00 bits per heavy atom. The molecule has 24 heavy (non-hydrogen) atoms. The van der Waals surface area contributed by atoms with Gasteiger partial charge in [0.05, 0.1) is 0 Å². The van der Waals surface area contributed by atoms with Gasteiger partial charge in [0.25, 0.3) is 0 Å². The van der Waals surface area contributed by atoms with Crippen molar-refractivity contribution in [1.82, 2.24) is 0 Å². The molecule has 0 aliphatic carbocycles. The largest absolute Gasteiger partial charge is 0.421 e. The van der Waals surface area contributed by atoms with Gasteiger partial charge in [0.2, 0.25) is 8.67 Å². The second-order valence-electron chi connectivity index (χ2n) is 5.61. The molecule has 0 fully saturated rings. The van der Waals surface area contributed by atoms with Gasteiger partial charge in [0, 0.05) is 38.4 Å². The molecule has 5 rings (SSSR count). The second-order valence-corrected chi connectivity index (χ2v) is 6.18. The summed E-state index contributed by atoms with van der Waals surface area (Å²) in [5.41, 5.74) is 1.77. The first-order valence-electron chi connectivity index (χ1n) is 7.54. The Bertz CT molecular complexity index is 1130.